The Labute approximate surface area is 205 Å². The van der Waals surface area contributed by atoms with Gasteiger partial charge in [-0.2, -0.15) is 0 Å². The predicted octanol–water partition coefficient (Wildman–Crippen LogP) is 2.03. The molecule has 0 aromatic heterocycles. The maximum atomic E-state index is 12.3. The van der Waals surface area contributed by atoms with Gasteiger partial charge < -0.3 is 15.1 Å². The molecule has 2 aliphatic rings. The van der Waals surface area contributed by atoms with E-state index in [1.807, 2.05) is 0 Å². The number of guanidine groups is 1. The molecule has 1 N–H and O–H groups in total. The summed E-state index contributed by atoms with van der Waals surface area (Å²) in [6, 6.07) is 8.56. The fourth-order valence-electron chi connectivity index (χ4n) is 4.22. The van der Waals surface area contributed by atoms with E-state index in [0.29, 0.717) is 19.6 Å². The molecule has 3 rings (SSSR count). The minimum Gasteiger partial charge on any atom is -0.352 e. The van der Waals surface area contributed by atoms with Gasteiger partial charge >= 0.3 is 0 Å². The van der Waals surface area contributed by atoms with E-state index < -0.39 is 14.6 Å². The number of likely N-dealkylation sites (N-methyl/N-ethyl adjacent to an activating group) is 1. The van der Waals surface area contributed by atoms with Gasteiger partial charge in [0.15, 0.2) is 15.8 Å². The van der Waals surface area contributed by atoms with Crippen molar-refractivity contribution in [1.29, 1.82) is 0 Å². The van der Waals surface area contributed by atoms with Crippen molar-refractivity contribution in [3.05, 3.63) is 35.4 Å². The second-order valence-corrected chi connectivity index (χ2v) is 11.6. The highest BCUT2D eigenvalue weighted by molar-refractivity contribution is 14.0. The zero-order valence-corrected chi connectivity index (χ0v) is 22.4. The highest BCUT2D eigenvalue weighted by Crippen LogP contribution is 2.24. The Balaban J connectivity index is 0.00000341. The molecule has 2 heterocycles. The molecule has 0 radical (unpaired) electrons. The van der Waals surface area contributed by atoms with E-state index in [4.69, 9.17) is 0 Å². The van der Waals surface area contributed by atoms with Crippen LogP contribution in [-0.4, -0.2) is 92.4 Å². The van der Waals surface area contributed by atoms with Gasteiger partial charge in [-0.3, -0.25) is 9.89 Å². The molecular formula is C22H38IN5O2S. The molecule has 31 heavy (non-hydrogen) atoms. The fraction of sp³-hybridized carbons (Fsp3) is 0.682. The van der Waals surface area contributed by atoms with Crippen LogP contribution in [0.1, 0.15) is 31.9 Å². The van der Waals surface area contributed by atoms with Crippen LogP contribution in [0.15, 0.2) is 29.3 Å². The van der Waals surface area contributed by atoms with E-state index >= 15 is 0 Å². The molecule has 7 nitrogen and oxygen atoms in total. The Morgan fingerprint density at radius 3 is 2.26 bits per heavy atom. The Bertz CT molecular complexity index is 851. The Morgan fingerprint density at radius 1 is 1.06 bits per heavy atom. The summed E-state index contributed by atoms with van der Waals surface area (Å²) in [4.78, 5) is 11.5. The van der Waals surface area contributed by atoms with Crippen LogP contribution in [0.2, 0.25) is 0 Å². The molecule has 2 saturated heterocycles. The summed E-state index contributed by atoms with van der Waals surface area (Å²) >= 11 is 0. The highest BCUT2D eigenvalue weighted by Gasteiger charge is 2.40. The highest BCUT2D eigenvalue weighted by atomic mass is 127. The van der Waals surface area contributed by atoms with Crippen molar-refractivity contribution in [1.82, 2.24) is 20.0 Å². The summed E-state index contributed by atoms with van der Waals surface area (Å²) in [5.74, 6) is 0.936. The normalized spacial score (nSPS) is 22.1. The van der Waals surface area contributed by atoms with Gasteiger partial charge in [0.25, 0.3) is 0 Å². The predicted molar refractivity (Wildman–Crippen MR) is 139 cm³/mol. The number of sulfone groups is 1. The molecule has 0 unspecified atom stereocenters. The number of hydrogen-bond donors (Lipinski definition) is 1. The van der Waals surface area contributed by atoms with Gasteiger partial charge in [-0.25, -0.2) is 8.42 Å². The first kappa shape index (κ1) is 26.3. The van der Waals surface area contributed by atoms with Crippen molar-refractivity contribution < 1.29 is 8.42 Å². The average molecular weight is 564 g/mol. The third-order valence-corrected chi connectivity index (χ3v) is 8.95. The lowest BCUT2D eigenvalue weighted by atomic mass is 10.1. The van der Waals surface area contributed by atoms with Crippen molar-refractivity contribution >= 4 is 39.8 Å². The average Bonchev–Trinajstić information content (AvgIpc) is 2.72. The third kappa shape index (κ3) is 6.55. The number of rotatable bonds is 5. The maximum absolute atomic E-state index is 12.3. The molecule has 0 aliphatic carbocycles. The second kappa shape index (κ2) is 11.3. The summed E-state index contributed by atoms with van der Waals surface area (Å²) in [7, 11) is -1.30. The van der Waals surface area contributed by atoms with Gasteiger partial charge in [-0.1, -0.05) is 31.2 Å². The van der Waals surface area contributed by atoms with Crippen LogP contribution < -0.4 is 5.32 Å². The number of benzene rings is 1. The summed E-state index contributed by atoms with van der Waals surface area (Å²) in [5, 5.41) is 3.47. The van der Waals surface area contributed by atoms with Gasteiger partial charge in [0, 0.05) is 59.4 Å². The smallest absolute Gasteiger partial charge is 0.193 e. The molecule has 2 fully saturated rings. The van der Waals surface area contributed by atoms with Crippen molar-refractivity contribution in [2.75, 3.05) is 58.6 Å². The lowest BCUT2D eigenvalue weighted by molar-refractivity contribution is 0.131. The van der Waals surface area contributed by atoms with Crippen molar-refractivity contribution in [2.45, 2.75) is 38.6 Å². The molecule has 0 atom stereocenters. The first-order chi connectivity index (χ1) is 14.3. The fourth-order valence-corrected chi connectivity index (χ4v) is 5.59. The van der Waals surface area contributed by atoms with Crippen LogP contribution in [-0.2, 0) is 22.9 Å². The molecule has 2 aliphatic heterocycles. The molecule has 0 saturated carbocycles. The van der Waals surface area contributed by atoms with E-state index in [0.717, 1.165) is 45.2 Å². The maximum Gasteiger partial charge on any atom is 0.193 e. The number of nitrogens with one attached hydrogen (secondary N) is 1. The summed E-state index contributed by atoms with van der Waals surface area (Å²) in [6.07, 6.45) is 0. The number of halogens is 1. The Morgan fingerprint density at radius 2 is 1.68 bits per heavy atom. The van der Waals surface area contributed by atoms with Gasteiger partial charge in [0.2, 0.25) is 0 Å². The Hall–Kier alpha value is -0.910. The van der Waals surface area contributed by atoms with E-state index in [1.165, 1.54) is 11.1 Å². The molecule has 0 bridgehead atoms. The molecule has 176 valence electrons. The van der Waals surface area contributed by atoms with Crippen LogP contribution in [0.5, 0.6) is 0 Å². The third-order valence-electron chi connectivity index (χ3n) is 6.42. The zero-order chi connectivity index (χ0) is 21.8. The van der Waals surface area contributed by atoms with Crippen molar-refractivity contribution in [3.8, 4) is 0 Å². The molecule has 9 heteroatoms. The van der Waals surface area contributed by atoms with Crippen molar-refractivity contribution in [2.24, 2.45) is 4.99 Å². The Kier molecular flexibility index (Phi) is 9.59. The van der Waals surface area contributed by atoms with Crippen LogP contribution in [0.25, 0.3) is 0 Å². The summed E-state index contributed by atoms with van der Waals surface area (Å²) in [6.45, 7) is 14.0. The monoisotopic (exact) mass is 563 g/mol. The van der Waals surface area contributed by atoms with E-state index in [-0.39, 0.29) is 29.7 Å². The lowest BCUT2D eigenvalue weighted by Gasteiger charge is -2.39. The number of piperazine rings is 1. The lowest BCUT2D eigenvalue weighted by Crippen LogP contribution is -2.57. The standard InChI is InChI=1S/C22H37N5O2S.HI/c1-5-25-10-12-26(13-11-25)17-20-9-7-6-8-19(20)16-24-21(23-4)27-14-15-30(28,29)22(2,3)18-27;/h6-9H,5,10-18H2,1-4H3,(H,23,24);1H. The molecule has 0 spiro atoms. The molecule has 1 aromatic rings. The first-order valence-corrected chi connectivity index (χ1v) is 12.6. The minimum atomic E-state index is -3.07. The van der Waals surface area contributed by atoms with E-state index in [1.54, 1.807) is 20.9 Å². The molecular weight excluding hydrogens is 525 g/mol. The van der Waals surface area contributed by atoms with E-state index in [9.17, 15) is 8.42 Å². The van der Waals surface area contributed by atoms with Crippen LogP contribution in [0.3, 0.4) is 0 Å². The number of hydrogen-bond acceptors (Lipinski definition) is 5. The molecule has 1 aromatic carbocycles. The quantitative estimate of drug-likeness (QED) is 0.336. The van der Waals surface area contributed by atoms with Gasteiger partial charge in [-0.15, -0.1) is 24.0 Å². The topological polar surface area (TPSA) is 68.2 Å². The van der Waals surface area contributed by atoms with Gasteiger partial charge in [0.05, 0.1) is 10.5 Å². The summed E-state index contributed by atoms with van der Waals surface area (Å²) in [5.41, 5.74) is 2.60. The van der Waals surface area contributed by atoms with Crippen molar-refractivity contribution in [3.63, 3.8) is 0 Å². The second-order valence-electron chi connectivity index (χ2n) is 8.88. The van der Waals surface area contributed by atoms with Crippen LogP contribution in [0.4, 0.5) is 0 Å². The number of nitrogens with zero attached hydrogens (tertiary/aromatic N) is 4. The largest absolute Gasteiger partial charge is 0.352 e. The van der Waals surface area contributed by atoms with Gasteiger partial charge in [-0.05, 0) is 31.5 Å². The SMILES string of the molecule is CCN1CCN(Cc2ccccc2CNC(=NC)N2CCS(=O)(=O)C(C)(C)C2)CC1.I. The zero-order valence-electron chi connectivity index (χ0n) is 19.3. The molecule has 0 amide bonds. The van der Waals surface area contributed by atoms with Crippen LogP contribution >= 0.6 is 24.0 Å². The van der Waals surface area contributed by atoms with Crippen LogP contribution in [0, 0.1) is 0 Å². The summed E-state index contributed by atoms with van der Waals surface area (Å²) < 4.78 is 23.9. The number of aliphatic imine (C=N–C) groups is 1. The minimum absolute atomic E-state index is 0. The first-order valence-electron chi connectivity index (χ1n) is 10.9. The van der Waals surface area contributed by atoms with Gasteiger partial charge in [0.1, 0.15) is 0 Å². The van der Waals surface area contributed by atoms with E-state index in [2.05, 4.69) is 56.2 Å².